The highest BCUT2D eigenvalue weighted by Crippen LogP contribution is 2.31. The highest BCUT2D eigenvalue weighted by molar-refractivity contribution is 7.09. The molecule has 0 aliphatic carbocycles. The molecule has 22 heavy (non-hydrogen) atoms. The summed E-state index contributed by atoms with van der Waals surface area (Å²) >= 11 is 1.54. The van der Waals surface area contributed by atoms with Gasteiger partial charge in [0.25, 0.3) is 0 Å². The van der Waals surface area contributed by atoms with Crippen LogP contribution in [0.5, 0.6) is 0 Å². The fourth-order valence-electron chi connectivity index (χ4n) is 3.63. The second-order valence-corrected chi connectivity index (χ2v) is 7.11. The summed E-state index contributed by atoms with van der Waals surface area (Å²) in [6, 6.07) is 8.87. The molecule has 2 aromatic rings. The van der Waals surface area contributed by atoms with Crippen LogP contribution in [0.4, 0.5) is 10.8 Å². The Labute approximate surface area is 136 Å². The van der Waals surface area contributed by atoms with E-state index in [2.05, 4.69) is 43.4 Å². The van der Waals surface area contributed by atoms with E-state index < -0.39 is 0 Å². The third-order valence-electron chi connectivity index (χ3n) is 4.86. The van der Waals surface area contributed by atoms with Gasteiger partial charge in [-0.3, -0.25) is 0 Å². The Bertz CT molecular complexity index is 646. The molecule has 0 amide bonds. The number of aryl methyl sites for hydroxylation is 1. The number of hydrogen-bond acceptors (Lipinski definition) is 5. The fraction of sp³-hybridized carbons (Fsp3) is 0.529. The molecule has 0 spiro atoms. The number of para-hydroxylation sites is 1. The largest absolute Gasteiger partial charge is 0.371 e. The minimum absolute atomic E-state index is 0.802. The summed E-state index contributed by atoms with van der Waals surface area (Å²) in [6.45, 7) is 6.61. The van der Waals surface area contributed by atoms with Crippen LogP contribution >= 0.6 is 11.5 Å². The molecule has 4 nitrogen and oxygen atoms in total. The van der Waals surface area contributed by atoms with Gasteiger partial charge in [-0.1, -0.05) is 18.2 Å². The maximum absolute atomic E-state index is 4.52. The number of hydrogen-bond donors (Lipinski definition) is 0. The number of rotatable bonds is 3. The Kier molecular flexibility index (Phi) is 3.74. The Hall–Kier alpha value is -1.62. The lowest BCUT2D eigenvalue weighted by Gasteiger charge is -2.34. The van der Waals surface area contributed by atoms with Crippen molar-refractivity contribution < 1.29 is 0 Å². The predicted molar refractivity (Wildman–Crippen MR) is 91.9 cm³/mol. The SMILES string of the molecule is Cc1nsc(N2CCC(CN3CCc4ccccc43)CC2)n1. The molecule has 1 aromatic carbocycles. The Morgan fingerprint density at radius 3 is 2.77 bits per heavy atom. The summed E-state index contributed by atoms with van der Waals surface area (Å²) in [5.41, 5.74) is 2.98. The minimum atomic E-state index is 0.802. The van der Waals surface area contributed by atoms with E-state index in [-0.39, 0.29) is 0 Å². The van der Waals surface area contributed by atoms with E-state index in [4.69, 9.17) is 0 Å². The first-order valence-electron chi connectivity index (χ1n) is 8.18. The Morgan fingerprint density at radius 2 is 2.00 bits per heavy atom. The van der Waals surface area contributed by atoms with Crippen molar-refractivity contribution in [1.29, 1.82) is 0 Å². The molecule has 116 valence electrons. The summed E-state index contributed by atoms with van der Waals surface area (Å²) in [5, 5.41) is 1.10. The summed E-state index contributed by atoms with van der Waals surface area (Å²) in [5.74, 6) is 1.70. The van der Waals surface area contributed by atoms with Gasteiger partial charge in [0, 0.05) is 43.4 Å². The average Bonchev–Trinajstić information content (AvgIpc) is 3.15. The highest BCUT2D eigenvalue weighted by Gasteiger charge is 2.26. The number of fused-ring (bicyclic) bond motifs is 1. The van der Waals surface area contributed by atoms with Crippen LogP contribution in [-0.4, -0.2) is 35.5 Å². The van der Waals surface area contributed by atoms with E-state index in [1.54, 1.807) is 0 Å². The first kappa shape index (κ1) is 14.0. The van der Waals surface area contributed by atoms with Crippen LogP contribution in [0.15, 0.2) is 24.3 Å². The van der Waals surface area contributed by atoms with Crippen molar-refractivity contribution in [2.24, 2.45) is 5.92 Å². The molecule has 5 heteroatoms. The topological polar surface area (TPSA) is 32.3 Å². The van der Waals surface area contributed by atoms with Crippen molar-refractivity contribution in [1.82, 2.24) is 9.36 Å². The summed E-state index contributed by atoms with van der Waals surface area (Å²) < 4.78 is 4.30. The van der Waals surface area contributed by atoms with Gasteiger partial charge < -0.3 is 9.80 Å². The zero-order chi connectivity index (χ0) is 14.9. The smallest absolute Gasteiger partial charge is 0.205 e. The number of anilines is 2. The van der Waals surface area contributed by atoms with E-state index in [0.29, 0.717) is 0 Å². The van der Waals surface area contributed by atoms with Crippen LogP contribution in [0.25, 0.3) is 0 Å². The predicted octanol–water partition coefficient (Wildman–Crippen LogP) is 3.13. The molecular weight excluding hydrogens is 292 g/mol. The van der Waals surface area contributed by atoms with E-state index >= 15 is 0 Å². The molecule has 0 N–H and O–H groups in total. The zero-order valence-corrected chi connectivity index (χ0v) is 13.9. The van der Waals surface area contributed by atoms with Crippen molar-refractivity contribution in [3.05, 3.63) is 35.7 Å². The van der Waals surface area contributed by atoms with Gasteiger partial charge >= 0.3 is 0 Å². The van der Waals surface area contributed by atoms with Gasteiger partial charge in [-0.25, -0.2) is 4.98 Å². The van der Waals surface area contributed by atoms with Crippen molar-refractivity contribution in [2.75, 3.05) is 36.0 Å². The standard InChI is InChI=1S/C17H22N4S/c1-13-18-17(22-19-13)20-9-6-14(7-10-20)12-21-11-8-15-4-2-3-5-16(15)21/h2-5,14H,6-12H2,1H3. The van der Waals surface area contributed by atoms with Crippen molar-refractivity contribution >= 4 is 22.4 Å². The maximum atomic E-state index is 4.52. The summed E-state index contributed by atoms with van der Waals surface area (Å²) in [6.07, 6.45) is 3.73. The Morgan fingerprint density at radius 1 is 1.18 bits per heavy atom. The molecule has 0 radical (unpaired) electrons. The van der Waals surface area contributed by atoms with E-state index in [0.717, 1.165) is 30.0 Å². The summed E-state index contributed by atoms with van der Waals surface area (Å²) in [7, 11) is 0. The molecule has 3 heterocycles. The third kappa shape index (κ3) is 2.70. The van der Waals surface area contributed by atoms with Gasteiger partial charge in [0.2, 0.25) is 5.13 Å². The van der Waals surface area contributed by atoms with E-state index in [1.807, 2.05) is 6.92 Å². The average molecular weight is 314 g/mol. The van der Waals surface area contributed by atoms with Gasteiger partial charge in [0.15, 0.2) is 0 Å². The van der Waals surface area contributed by atoms with E-state index in [1.165, 1.54) is 55.1 Å². The second-order valence-electron chi connectivity index (χ2n) is 6.38. The molecule has 0 bridgehead atoms. The molecule has 1 saturated heterocycles. The van der Waals surface area contributed by atoms with Crippen molar-refractivity contribution in [3.63, 3.8) is 0 Å². The molecule has 0 atom stereocenters. The maximum Gasteiger partial charge on any atom is 0.205 e. The highest BCUT2D eigenvalue weighted by atomic mass is 32.1. The van der Waals surface area contributed by atoms with Gasteiger partial charge in [-0.05, 0) is 43.7 Å². The normalized spacial score (nSPS) is 18.8. The lowest BCUT2D eigenvalue weighted by molar-refractivity contribution is 0.405. The van der Waals surface area contributed by atoms with Crippen LogP contribution < -0.4 is 9.80 Å². The zero-order valence-electron chi connectivity index (χ0n) is 13.0. The van der Waals surface area contributed by atoms with Gasteiger partial charge in [0.05, 0.1) is 0 Å². The van der Waals surface area contributed by atoms with Crippen LogP contribution in [0, 0.1) is 12.8 Å². The van der Waals surface area contributed by atoms with Crippen LogP contribution in [0.2, 0.25) is 0 Å². The van der Waals surface area contributed by atoms with Crippen LogP contribution in [0.1, 0.15) is 24.2 Å². The third-order valence-corrected chi connectivity index (χ3v) is 5.73. The number of aromatic nitrogens is 2. The van der Waals surface area contributed by atoms with Crippen molar-refractivity contribution in [3.8, 4) is 0 Å². The molecule has 0 saturated carbocycles. The molecule has 2 aliphatic rings. The molecule has 0 unspecified atom stereocenters. The number of benzene rings is 1. The van der Waals surface area contributed by atoms with Crippen LogP contribution in [-0.2, 0) is 6.42 Å². The lowest BCUT2D eigenvalue weighted by Crippen LogP contribution is -2.38. The molecular formula is C17H22N4S. The first-order valence-corrected chi connectivity index (χ1v) is 8.95. The number of nitrogens with zero attached hydrogens (tertiary/aromatic N) is 4. The number of piperidine rings is 1. The fourth-order valence-corrected chi connectivity index (χ4v) is 4.35. The molecule has 2 aliphatic heterocycles. The van der Waals surface area contributed by atoms with Gasteiger partial charge in [0.1, 0.15) is 5.82 Å². The first-order chi connectivity index (χ1) is 10.8. The molecule has 1 fully saturated rings. The van der Waals surface area contributed by atoms with Crippen LogP contribution in [0.3, 0.4) is 0 Å². The quantitative estimate of drug-likeness (QED) is 0.871. The Balaban J connectivity index is 1.35. The molecule has 4 rings (SSSR count). The monoisotopic (exact) mass is 314 g/mol. The van der Waals surface area contributed by atoms with Gasteiger partial charge in [-0.2, -0.15) is 4.37 Å². The lowest BCUT2D eigenvalue weighted by atomic mass is 9.96. The minimum Gasteiger partial charge on any atom is -0.371 e. The van der Waals surface area contributed by atoms with Crippen molar-refractivity contribution in [2.45, 2.75) is 26.2 Å². The molecule has 1 aromatic heterocycles. The summed E-state index contributed by atoms with van der Waals surface area (Å²) in [4.78, 5) is 9.51. The van der Waals surface area contributed by atoms with E-state index in [9.17, 15) is 0 Å². The van der Waals surface area contributed by atoms with Gasteiger partial charge in [-0.15, -0.1) is 0 Å². The second kappa shape index (κ2) is 5.88.